The van der Waals surface area contributed by atoms with Gasteiger partial charge in [-0.3, -0.25) is 9.59 Å². The second kappa shape index (κ2) is 6.39. The van der Waals surface area contributed by atoms with E-state index in [2.05, 4.69) is 10.6 Å². The SMILES string of the molecule is CCNC(=O)C=CC(=O)NCC. The van der Waals surface area contributed by atoms with E-state index in [1.807, 2.05) is 13.8 Å². The van der Waals surface area contributed by atoms with Crippen LogP contribution in [0.4, 0.5) is 0 Å². The number of rotatable bonds is 4. The minimum Gasteiger partial charge on any atom is -0.353 e. The first-order chi connectivity index (χ1) is 5.70. The number of carbonyl (C=O) groups is 2. The van der Waals surface area contributed by atoms with E-state index in [1.54, 1.807) is 0 Å². The predicted octanol–water partition coefficient (Wildman–Crippen LogP) is -0.185. The number of likely N-dealkylation sites (N-methyl/N-ethyl adjacent to an activating group) is 2. The van der Waals surface area contributed by atoms with Crippen molar-refractivity contribution in [3.8, 4) is 0 Å². The predicted molar refractivity (Wildman–Crippen MR) is 46.5 cm³/mol. The van der Waals surface area contributed by atoms with E-state index in [1.165, 1.54) is 12.2 Å². The number of nitrogens with one attached hydrogen (secondary N) is 2. The lowest BCUT2D eigenvalue weighted by Gasteiger charge is -1.95. The summed E-state index contributed by atoms with van der Waals surface area (Å²) in [6.07, 6.45) is 2.43. The van der Waals surface area contributed by atoms with Gasteiger partial charge in [0.2, 0.25) is 11.8 Å². The lowest BCUT2D eigenvalue weighted by Crippen LogP contribution is -2.23. The summed E-state index contributed by atoms with van der Waals surface area (Å²) in [5.41, 5.74) is 0. The number of carbonyl (C=O) groups excluding carboxylic acids is 2. The summed E-state index contributed by atoms with van der Waals surface area (Å²) < 4.78 is 0. The van der Waals surface area contributed by atoms with Gasteiger partial charge in [0.1, 0.15) is 0 Å². The zero-order valence-electron chi connectivity index (χ0n) is 7.39. The molecule has 0 aliphatic rings. The van der Waals surface area contributed by atoms with Crippen LogP contribution in [0.25, 0.3) is 0 Å². The van der Waals surface area contributed by atoms with Gasteiger partial charge in [-0.1, -0.05) is 0 Å². The number of hydrogen-bond acceptors (Lipinski definition) is 2. The highest BCUT2D eigenvalue weighted by Gasteiger charge is 1.94. The largest absolute Gasteiger partial charge is 0.353 e. The Labute approximate surface area is 72.0 Å². The zero-order chi connectivity index (χ0) is 9.40. The van der Waals surface area contributed by atoms with Gasteiger partial charge in [0.05, 0.1) is 0 Å². The molecule has 0 aliphatic carbocycles. The Bertz CT molecular complexity index is 167. The summed E-state index contributed by atoms with van der Waals surface area (Å²) in [4.78, 5) is 21.5. The van der Waals surface area contributed by atoms with E-state index >= 15 is 0 Å². The van der Waals surface area contributed by atoms with Crippen LogP contribution in [0.5, 0.6) is 0 Å². The number of amides is 2. The molecular formula is C8H14N2O2. The first-order valence-corrected chi connectivity index (χ1v) is 3.94. The zero-order valence-corrected chi connectivity index (χ0v) is 7.39. The van der Waals surface area contributed by atoms with Crippen LogP contribution in [0.1, 0.15) is 13.8 Å². The Morgan fingerprint density at radius 2 is 1.33 bits per heavy atom. The van der Waals surface area contributed by atoms with Crippen molar-refractivity contribution in [2.75, 3.05) is 13.1 Å². The maximum Gasteiger partial charge on any atom is 0.244 e. The van der Waals surface area contributed by atoms with E-state index in [4.69, 9.17) is 0 Å². The standard InChI is InChI=1S/C8H14N2O2/c1-3-9-7(11)5-6-8(12)10-4-2/h5-6H,3-4H2,1-2H3,(H,9,11)(H,10,12). The molecule has 0 rings (SSSR count). The third kappa shape index (κ3) is 5.46. The van der Waals surface area contributed by atoms with E-state index in [-0.39, 0.29) is 11.8 Å². The smallest absolute Gasteiger partial charge is 0.244 e. The third-order valence-electron chi connectivity index (χ3n) is 1.09. The second-order valence-corrected chi connectivity index (χ2v) is 2.12. The van der Waals surface area contributed by atoms with Gasteiger partial charge in [0.15, 0.2) is 0 Å². The topological polar surface area (TPSA) is 58.2 Å². The summed E-state index contributed by atoms with van der Waals surface area (Å²) in [5.74, 6) is -0.493. The fourth-order valence-corrected chi connectivity index (χ4v) is 0.618. The summed E-state index contributed by atoms with van der Waals surface area (Å²) in [5, 5.41) is 5.07. The lowest BCUT2D eigenvalue weighted by atomic mass is 10.4. The van der Waals surface area contributed by atoms with E-state index in [9.17, 15) is 9.59 Å². The fourth-order valence-electron chi connectivity index (χ4n) is 0.618. The molecule has 0 radical (unpaired) electrons. The Hall–Kier alpha value is -1.32. The highest BCUT2D eigenvalue weighted by Crippen LogP contribution is 1.74. The van der Waals surface area contributed by atoms with E-state index in [0.29, 0.717) is 13.1 Å². The van der Waals surface area contributed by atoms with Crippen LogP contribution < -0.4 is 10.6 Å². The van der Waals surface area contributed by atoms with Gasteiger partial charge in [0.25, 0.3) is 0 Å². The van der Waals surface area contributed by atoms with Crippen molar-refractivity contribution in [1.82, 2.24) is 10.6 Å². The van der Waals surface area contributed by atoms with E-state index in [0.717, 1.165) is 0 Å². The quantitative estimate of drug-likeness (QED) is 0.575. The Morgan fingerprint density at radius 3 is 1.58 bits per heavy atom. The first-order valence-electron chi connectivity index (χ1n) is 3.94. The van der Waals surface area contributed by atoms with Crippen LogP contribution >= 0.6 is 0 Å². The monoisotopic (exact) mass is 170 g/mol. The van der Waals surface area contributed by atoms with E-state index < -0.39 is 0 Å². The first kappa shape index (κ1) is 10.7. The van der Waals surface area contributed by atoms with Crippen LogP contribution in [0.2, 0.25) is 0 Å². The molecule has 68 valence electrons. The Kier molecular flexibility index (Phi) is 5.69. The van der Waals surface area contributed by atoms with Crippen molar-refractivity contribution >= 4 is 11.8 Å². The van der Waals surface area contributed by atoms with Crippen LogP contribution in [0, 0.1) is 0 Å². The molecule has 2 N–H and O–H groups in total. The molecule has 4 heteroatoms. The van der Waals surface area contributed by atoms with Crippen molar-refractivity contribution < 1.29 is 9.59 Å². The molecule has 0 heterocycles. The molecule has 0 saturated heterocycles. The van der Waals surface area contributed by atoms with Gasteiger partial charge in [0, 0.05) is 25.2 Å². The molecule has 0 unspecified atom stereocenters. The normalized spacial score (nSPS) is 9.83. The Balaban J connectivity index is 3.73. The molecule has 0 atom stereocenters. The van der Waals surface area contributed by atoms with Gasteiger partial charge >= 0.3 is 0 Å². The van der Waals surface area contributed by atoms with Crippen molar-refractivity contribution in [2.24, 2.45) is 0 Å². The molecule has 0 spiro atoms. The van der Waals surface area contributed by atoms with Gasteiger partial charge in [-0.2, -0.15) is 0 Å². The highest BCUT2D eigenvalue weighted by atomic mass is 16.2. The van der Waals surface area contributed by atoms with Gasteiger partial charge in [-0.05, 0) is 13.8 Å². The summed E-state index contributed by atoms with van der Waals surface area (Å²) in [6.45, 7) is 4.77. The molecule has 0 aliphatic heterocycles. The molecule has 0 bridgehead atoms. The number of hydrogen-bond donors (Lipinski definition) is 2. The molecule has 0 saturated carbocycles. The molecule has 0 fully saturated rings. The molecule has 2 amide bonds. The summed E-state index contributed by atoms with van der Waals surface area (Å²) in [6, 6.07) is 0. The molecule has 0 aromatic heterocycles. The van der Waals surface area contributed by atoms with Gasteiger partial charge < -0.3 is 10.6 Å². The minimum absolute atomic E-state index is 0.247. The van der Waals surface area contributed by atoms with Crippen LogP contribution in [0.3, 0.4) is 0 Å². The van der Waals surface area contributed by atoms with Crippen molar-refractivity contribution in [1.29, 1.82) is 0 Å². The van der Waals surface area contributed by atoms with Gasteiger partial charge in [-0.25, -0.2) is 0 Å². The lowest BCUT2D eigenvalue weighted by molar-refractivity contribution is -0.118. The molecule has 0 aromatic carbocycles. The second-order valence-electron chi connectivity index (χ2n) is 2.12. The summed E-state index contributed by atoms with van der Waals surface area (Å²) in [7, 11) is 0. The molecule has 4 nitrogen and oxygen atoms in total. The Morgan fingerprint density at radius 1 is 1.00 bits per heavy atom. The van der Waals surface area contributed by atoms with Crippen LogP contribution in [0.15, 0.2) is 12.2 Å². The van der Waals surface area contributed by atoms with Gasteiger partial charge in [-0.15, -0.1) is 0 Å². The highest BCUT2D eigenvalue weighted by molar-refractivity contribution is 5.96. The van der Waals surface area contributed by atoms with Crippen LogP contribution in [-0.4, -0.2) is 24.9 Å². The van der Waals surface area contributed by atoms with Crippen molar-refractivity contribution in [2.45, 2.75) is 13.8 Å². The third-order valence-corrected chi connectivity index (χ3v) is 1.09. The minimum atomic E-state index is -0.247. The maximum absolute atomic E-state index is 10.8. The fraction of sp³-hybridized carbons (Fsp3) is 0.500. The van der Waals surface area contributed by atoms with Crippen molar-refractivity contribution in [3.63, 3.8) is 0 Å². The molecule has 12 heavy (non-hydrogen) atoms. The summed E-state index contributed by atoms with van der Waals surface area (Å²) >= 11 is 0. The maximum atomic E-state index is 10.8. The molecule has 0 aromatic rings. The average molecular weight is 170 g/mol. The van der Waals surface area contributed by atoms with Crippen molar-refractivity contribution in [3.05, 3.63) is 12.2 Å². The average Bonchev–Trinajstić information content (AvgIpc) is 2.02. The molecular weight excluding hydrogens is 156 g/mol. The van der Waals surface area contributed by atoms with Crippen LogP contribution in [-0.2, 0) is 9.59 Å².